The van der Waals surface area contributed by atoms with E-state index in [0.29, 0.717) is 5.82 Å². The number of nitrogens with zero attached hydrogens (tertiary/aromatic N) is 2. The second-order valence-electron chi connectivity index (χ2n) is 4.38. The minimum absolute atomic E-state index is 0.00669. The zero-order valence-electron chi connectivity index (χ0n) is 10.7. The number of hydrogen-bond donors (Lipinski definition) is 2. The van der Waals surface area contributed by atoms with E-state index in [1.807, 2.05) is 24.3 Å². The van der Waals surface area contributed by atoms with Gasteiger partial charge in [-0.15, -0.1) is 0 Å². The Kier molecular flexibility index (Phi) is 3.53. The molecule has 2 N–H and O–H groups in total. The van der Waals surface area contributed by atoms with E-state index in [2.05, 4.69) is 20.3 Å². The third-order valence-corrected chi connectivity index (χ3v) is 3.21. The molecule has 0 bridgehead atoms. The van der Waals surface area contributed by atoms with Crippen LogP contribution < -0.4 is 5.32 Å². The summed E-state index contributed by atoms with van der Waals surface area (Å²) in [4.78, 5) is 23.0. The number of nitrogens with one attached hydrogen (secondary N) is 2. The quantitative estimate of drug-likeness (QED) is 0.731. The van der Waals surface area contributed by atoms with Crippen molar-refractivity contribution in [3.8, 4) is 0 Å². The maximum absolute atomic E-state index is 13.1. The predicted octanol–water partition coefficient (Wildman–Crippen LogP) is 2.68. The number of aromatic nitrogens is 3. The van der Waals surface area contributed by atoms with Crippen molar-refractivity contribution in [3.05, 3.63) is 58.9 Å². The van der Waals surface area contributed by atoms with Crippen LogP contribution in [0.2, 0.25) is 5.15 Å². The molecule has 2 heterocycles. The summed E-state index contributed by atoms with van der Waals surface area (Å²) in [6, 6.07) is 8.57. The number of aromatic amines is 1. The second-order valence-corrected chi connectivity index (χ2v) is 4.73. The van der Waals surface area contributed by atoms with Crippen LogP contribution >= 0.6 is 11.6 Å². The van der Waals surface area contributed by atoms with Gasteiger partial charge in [0.25, 0.3) is 5.91 Å². The molecule has 21 heavy (non-hydrogen) atoms. The Morgan fingerprint density at radius 2 is 2.19 bits per heavy atom. The maximum atomic E-state index is 13.1. The Bertz CT molecular complexity index is 785. The molecular formula is C14H10ClFN4O. The van der Waals surface area contributed by atoms with Crippen LogP contribution in [0.25, 0.3) is 11.0 Å². The highest BCUT2D eigenvalue weighted by molar-refractivity contribution is 6.32. The highest BCUT2D eigenvalue weighted by Gasteiger charge is 2.13. The Morgan fingerprint density at radius 1 is 1.38 bits per heavy atom. The zero-order valence-corrected chi connectivity index (χ0v) is 11.5. The van der Waals surface area contributed by atoms with Gasteiger partial charge in [0.05, 0.1) is 29.3 Å². The van der Waals surface area contributed by atoms with Crippen LogP contribution in [-0.4, -0.2) is 20.9 Å². The number of para-hydroxylation sites is 2. The van der Waals surface area contributed by atoms with Crippen molar-refractivity contribution in [2.75, 3.05) is 0 Å². The van der Waals surface area contributed by atoms with Gasteiger partial charge < -0.3 is 10.3 Å². The van der Waals surface area contributed by atoms with Crippen LogP contribution in [0.3, 0.4) is 0 Å². The van der Waals surface area contributed by atoms with E-state index in [-0.39, 0.29) is 17.3 Å². The number of H-pyrrole nitrogens is 1. The van der Waals surface area contributed by atoms with Gasteiger partial charge in [0.2, 0.25) is 0 Å². The number of halogens is 2. The molecule has 0 atom stereocenters. The summed E-state index contributed by atoms with van der Waals surface area (Å²) in [5, 5.41) is 2.58. The maximum Gasteiger partial charge on any atom is 0.254 e. The second kappa shape index (κ2) is 5.49. The molecule has 3 aromatic rings. The van der Waals surface area contributed by atoms with Crippen LogP contribution in [0.4, 0.5) is 4.39 Å². The molecule has 2 aromatic heterocycles. The lowest BCUT2D eigenvalue weighted by molar-refractivity contribution is 0.0949. The molecule has 0 aliphatic rings. The number of fused-ring (bicyclic) bond motifs is 1. The van der Waals surface area contributed by atoms with E-state index >= 15 is 0 Å². The Morgan fingerprint density at radius 3 is 3.00 bits per heavy atom. The highest BCUT2D eigenvalue weighted by Crippen LogP contribution is 2.14. The van der Waals surface area contributed by atoms with Crippen molar-refractivity contribution < 1.29 is 9.18 Å². The van der Waals surface area contributed by atoms with Crippen LogP contribution in [0.1, 0.15) is 16.2 Å². The summed E-state index contributed by atoms with van der Waals surface area (Å²) in [6.45, 7) is 0.181. The van der Waals surface area contributed by atoms with Gasteiger partial charge in [-0.2, -0.15) is 0 Å². The smallest absolute Gasteiger partial charge is 0.254 e. The van der Waals surface area contributed by atoms with Crippen LogP contribution in [0.5, 0.6) is 0 Å². The van der Waals surface area contributed by atoms with Crippen LogP contribution in [-0.2, 0) is 6.54 Å². The molecule has 0 fully saturated rings. The molecule has 106 valence electrons. The van der Waals surface area contributed by atoms with Crippen molar-refractivity contribution in [2.24, 2.45) is 0 Å². The van der Waals surface area contributed by atoms with Crippen LogP contribution in [0, 0.1) is 5.82 Å². The summed E-state index contributed by atoms with van der Waals surface area (Å²) in [5.41, 5.74) is 1.69. The average molecular weight is 305 g/mol. The topological polar surface area (TPSA) is 70.7 Å². The van der Waals surface area contributed by atoms with Crippen molar-refractivity contribution >= 4 is 28.5 Å². The first-order valence-electron chi connectivity index (χ1n) is 6.16. The van der Waals surface area contributed by atoms with Crippen LogP contribution in [0.15, 0.2) is 36.5 Å². The zero-order chi connectivity index (χ0) is 14.8. The Balaban J connectivity index is 1.74. The number of pyridine rings is 1. The van der Waals surface area contributed by atoms with Crippen molar-refractivity contribution in [1.82, 2.24) is 20.3 Å². The average Bonchev–Trinajstić information content (AvgIpc) is 2.90. The molecular weight excluding hydrogens is 295 g/mol. The molecule has 0 aliphatic heterocycles. The number of amides is 1. The summed E-state index contributed by atoms with van der Waals surface area (Å²) in [5.74, 6) is -0.522. The number of carbonyl (C=O) groups is 1. The summed E-state index contributed by atoms with van der Waals surface area (Å²) in [6.07, 6.45) is 0.957. The number of carbonyl (C=O) groups excluding carboxylic acids is 1. The molecule has 3 rings (SSSR count). The molecule has 7 heteroatoms. The lowest BCUT2D eigenvalue weighted by Crippen LogP contribution is -2.24. The third kappa shape index (κ3) is 2.85. The summed E-state index contributed by atoms with van der Waals surface area (Å²) >= 11 is 5.78. The standard InChI is InChI=1S/C14H10ClFN4O/c15-13-9(5-8(16)6-17-13)14(21)18-7-12-19-10-3-1-2-4-11(10)20-12/h1-6H,7H2,(H,18,21)(H,19,20). The predicted molar refractivity (Wildman–Crippen MR) is 76.5 cm³/mol. The number of rotatable bonds is 3. The molecule has 0 unspecified atom stereocenters. The van der Waals surface area contributed by atoms with E-state index in [4.69, 9.17) is 11.6 Å². The Hall–Kier alpha value is -2.47. The lowest BCUT2D eigenvalue weighted by Gasteiger charge is -2.04. The largest absolute Gasteiger partial charge is 0.345 e. The first kappa shape index (κ1) is 13.5. The minimum atomic E-state index is -0.617. The number of imidazole rings is 1. The van der Waals surface area contributed by atoms with Crippen molar-refractivity contribution in [1.29, 1.82) is 0 Å². The fraction of sp³-hybridized carbons (Fsp3) is 0.0714. The first-order chi connectivity index (χ1) is 10.1. The number of benzene rings is 1. The van der Waals surface area contributed by atoms with Gasteiger partial charge in [0.15, 0.2) is 0 Å². The van der Waals surface area contributed by atoms with Crippen molar-refractivity contribution in [3.63, 3.8) is 0 Å². The van der Waals surface area contributed by atoms with E-state index in [1.54, 1.807) is 0 Å². The monoisotopic (exact) mass is 304 g/mol. The van der Waals surface area contributed by atoms with E-state index in [1.165, 1.54) is 0 Å². The van der Waals surface area contributed by atoms with Crippen molar-refractivity contribution in [2.45, 2.75) is 6.54 Å². The summed E-state index contributed by atoms with van der Waals surface area (Å²) in [7, 11) is 0. The van der Waals surface area contributed by atoms with Gasteiger partial charge in [0, 0.05) is 0 Å². The fourth-order valence-electron chi connectivity index (χ4n) is 1.93. The Labute approximate surface area is 124 Å². The lowest BCUT2D eigenvalue weighted by atomic mass is 10.2. The number of hydrogen-bond acceptors (Lipinski definition) is 3. The third-order valence-electron chi connectivity index (χ3n) is 2.91. The molecule has 0 saturated carbocycles. The molecule has 0 radical (unpaired) electrons. The SMILES string of the molecule is O=C(NCc1nc2ccccc2[nH]1)c1cc(F)cnc1Cl. The minimum Gasteiger partial charge on any atom is -0.345 e. The van der Waals surface area contributed by atoms with Gasteiger partial charge in [-0.25, -0.2) is 14.4 Å². The molecule has 5 nitrogen and oxygen atoms in total. The van der Waals surface area contributed by atoms with Gasteiger partial charge in [-0.3, -0.25) is 4.79 Å². The van der Waals surface area contributed by atoms with Gasteiger partial charge in [-0.1, -0.05) is 23.7 Å². The van der Waals surface area contributed by atoms with Gasteiger partial charge >= 0.3 is 0 Å². The molecule has 0 spiro atoms. The van der Waals surface area contributed by atoms with Gasteiger partial charge in [-0.05, 0) is 18.2 Å². The van der Waals surface area contributed by atoms with E-state index in [9.17, 15) is 9.18 Å². The fourth-order valence-corrected chi connectivity index (χ4v) is 2.12. The molecule has 1 aromatic carbocycles. The molecule has 0 saturated heterocycles. The molecule has 1 amide bonds. The first-order valence-corrected chi connectivity index (χ1v) is 6.54. The molecule has 0 aliphatic carbocycles. The summed E-state index contributed by atoms with van der Waals surface area (Å²) < 4.78 is 13.1. The highest BCUT2D eigenvalue weighted by atomic mass is 35.5. The van der Waals surface area contributed by atoms with Gasteiger partial charge in [0.1, 0.15) is 16.8 Å². The van der Waals surface area contributed by atoms with E-state index in [0.717, 1.165) is 23.3 Å². The van der Waals surface area contributed by atoms with E-state index < -0.39 is 11.7 Å². The normalized spacial score (nSPS) is 10.8.